The van der Waals surface area contributed by atoms with Gasteiger partial charge in [-0.25, -0.2) is 0 Å². The fourth-order valence-electron chi connectivity index (χ4n) is 2.44. The van der Waals surface area contributed by atoms with Gasteiger partial charge in [-0.2, -0.15) is 0 Å². The molecule has 0 saturated heterocycles. The average molecular weight is 248 g/mol. The molecule has 2 heteroatoms. The minimum Gasteiger partial charge on any atom is -0.317 e. The Kier molecular flexibility index (Phi) is 7.70. The summed E-state index contributed by atoms with van der Waals surface area (Å²) in [5.41, 5.74) is 1.39. The van der Waals surface area contributed by atoms with Gasteiger partial charge in [-0.1, -0.05) is 44.2 Å². The molecule has 102 valence electrons. The van der Waals surface area contributed by atoms with Crippen molar-refractivity contribution in [1.82, 2.24) is 10.6 Å². The molecular formula is C16H28N2. The van der Waals surface area contributed by atoms with Crippen LogP contribution in [0.1, 0.15) is 45.1 Å². The molecule has 0 bridgehead atoms. The summed E-state index contributed by atoms with van der Waals surface area (Å²) in [5, 5.41) is 7.03. The normalized spacial score (nSPS) is 23.1. The summed E-state index contributed by atoms with van der Waals surface area (Å²) in [5.74, 6) is 0. The van der Waals surface area contributed by atoms with Crippen molar-refractivity contribution in [1.29, 1.82) is 0 Å². The van der Waals surface area contributed by atoms with E-state index in [0.717, 1.165) is 12.6 Å². The van der Waals surface area contributed by atoms with Crippen molar-refractivity contribution in [2.75, 3.05) is 7.05 Å². The second-order valence-electron chi connectivity index (χ2n) is 4.70. The molecule has 0 aliphatic heterocycles. The third-order valence-corrected chi connectivity index (χ3v) is 3.57. The van der Waals surface area contributed by atoms with Gasteiger partial charge in [0.05, 0.1) is 0 Å². The smallest absolute Gasteiger partial charge is 0.0208 e. The molecule has 0 atom stereocenters. The minimum absolute atomic E-state index is 0.713. The van der Waals surface area contributed by atoms with Gasteiger partial charge in [-0.15, -0.1) is 0 Å². The Balaban J connectivity index is 0.000000771. The summed E-state index contributed by atoms with van der Waals surface area (Å²) in [6.45, 7) is 5.01. The van der Waals surface area contributed by atoms with Gasteiger partial charge in [0.25, 0.3) is 0 Å². The SMILES string of the molecule is CC.CNC1CCC(NCc2ccccc2)CC1. The van der Waals surface area contributed by atoms with E-state index in [9.17, 15) is 0 Å². The fourth-order valence-corrected chi connectivity index (χ4v) is 2.44. The van der Waals surface area contributed by atoms with Crippen LogP contribution < -0.4 is 10.6 Å². The molecule has 0 aromatic heterocycles. The van der Waals surface area contributed by atoms with E-state index in [1.54, 1.807) is 0 Å². The molecule has 1 aromatic rings. The molecule has 1 saturated carbocycles. The first-order valence-corrected chi connectivity index (χ1v) is 7.33. The highest BCUT2D eigenvalue weighted by molar-refractivity contribution is 5.14. The number of hydrogen-bond acceptors (Lipinski definition) is 2. The number of hydrogen-bond donors (Lipinski definition) is 2. The van der Waals surface area contributed by atoms with E-state index in [-0.39, 0.29) is 0 Å². The third-order valence-electron chi connectivity index (χ3n) is 3.57. The molecular weight excluding hydrogens is 220 g/mol. The van der Waals surface area contributed by atoms with Gasteiger partial charge in [0, 0.05) is 18.6 Å². The van der Waals surface area contributed by atoms with E-state index >= 15 is 0 Å². The third kappa shape index (κ3) is 5.19. The van der Waals surface area contributed by atoms with E-state index in [0.29, 0.717) is 6.04 Å². The number of rotatable bonds is 4. The van der Waals surface area contributed by atoms with Crippen molar-refractivity contribution >= 4 is 0 Å². The van der Waals surface area contributed by atoms with Crippen molar-refractivity contribution in [3.63, 3.8) is 0 Å². The molecule has 0 unspecified atom stereocenters. The van der Waals surface area contributed by atoms with E-state index in [1.165, 1.54) is 31.2 Å². The summed E-state index contributed by atoms with van der Waals surface area (Å²) in [6, 6.07) is 12.1. The van der Waals surface area contributed by atoms with E-state index in [1.807, 2.05) is 13.8 Å². The molecule has 0 radical (unpaired) electrons. The van der Waals surface area contributed by atoms with Crippen molar-refractivity contribution in [3.8, 4) is 0 Å². The van der Waals surface area contributed by atoms with Gasteiger partial charge in [-0.3, -0.25) is 0 Å². The van der Waals surface area contributed by atoms with E-state index in [4.69, 9.17) is 0 Å². The first-order chi connectivity index (χ1) is 8.88. The summed E-state index contributed by atoms with van der Waals surface area (Å²) < 4.78 is 0. The topological polar surface area (TPSA) is 24.1 Å². The molecule has 2 N–H and O–H groups in total. The highest BCUT2D eigenvalue weighted by Crippen LogP contribution is 2.18. The zero-order valence-corrected chi connectivity index (χ0v) is 12.1. The lowest BCUT2D eigenvalue weighted by Gasteiger charge is -2.29. The predicted octanol–water partition coefficient (Wildman–Crippen LogP) is 3.33. The van der Waals surface area contributed by atoms with Crippen molar-refractivity contribution in [2.45, 2.75) is 58.2 Å². The zero-order chi connectivity index (χ0) is 13.2. The monoisotopic (exact) mass is 248 g/mol. The van der Waals surface area contributed by atoms with Crippen LogP contribution in [-0.2, 0) is 6.54 Å². The van der Waals surface area contributed by atoms with Crippen LogP contribution in [0.5, 0.6) is 0 Å². The first-order valence-electron chi connectivity index (χ1n) is 7.33. The van der Waals surface area contributed by atoms with Crippen molar-refractivity contribution < 1.29 is 0 Å². The lowest BCUT2D eigenvalue weighted by Crippen LogP contribution is -2.38. The van der Waals surface area contributed by atoms with Crippen LogP contribution in [0.15, 0.2) is 30.3 Å². The second-order valence-corrected chi connectivity index (χ2v) is 4.70. The average Bonchev–Trinajstić information content (AvgIpc) is 2.49. The quantitative estimate of drug-likeness (QED) is 0.854. The maximum Gasteiger partial charge on any atom is 0.0208 e. The molecule has 1 aliphatic rings. The van der Waals surface area contributed by atoms with Crippen LogP contribution >= 0.6 is 0 Å². The minimum atomic E-state index is 0.713. The number of benzene rings is 1. The van der Waals surface area contributed by atoms with Crippen LogP contribution in [-0.4, -0.2) is 19.1 Å². The van der Waals surface area contributed by atoms with Gasteiger partial charge in [0.15, 0.2) is 0 Å². The van der Waals surface area contributed by atoms with Crippen molar-refractivity contribution in [2.24, 2.45) is 0 Å². The largest absolute Gasteiger partial charge is 0.317 e. The van der Waals surface area contributed by atoms with E-state index in [2.05, 4.69) is 48.0 Å². The highest BCUT2D eigenvalue weighted by atomic mass is 14.9. The second kappa shape index (κ2) is 9.12. The lowest BCUT2D eigenvalue weighted by atomic mass is 9.91. The Morgan fingerprint density at radius 2 is 1.50 bits per heavy atom. The standard InChI is InChI=1S/C14H22N2.C2H6/c1-15-13-7-9-14(10-8-13)16-11-12-5-3-2-4-6-12;1-2/h2-6,13-16H,7-11H2,1H3;1-2H3. The molecule has 0 amide bonds. The molecule has 0 spiro atoms. The van der Waals surface area contributed by atoms with Crippen LogP contribution in [0.3, 0.4) is 0 Å². The van der Waals surface area contributed by atoms with Crippen LogP contribution in [0.25, 0.3) is 0 Å². The number of nitrogens with one attached hydrogen (secondary N) is 2. The maximum absolute atomic E-state index is 3.65. The Morgan fingerprint density at radius 3 is 2.06 bits per heavy atom. The molecule has 1 aromatic carbocycles. The Hall–Kier alpha value is -0.860. The lowest BCUT2D eigenvalue weighted by molar-refractivity contribution is 0.317. The molecule has 0 heterocycles. The molecule has 1 aliphatic carbocycles. The molecule has 2 nitrogen and oxygen atoms in total. The van der Waals surface area contributed by atoms with Crippen LogP contribution in [0.2, 0.25) is 0 Å². The van der Waals surface area contributed by atoms with Gasteiger partial charge in [0.1, 0.15) is 0 Å². The highest BCUT2D eigenvalue weighted by Gasteiger charge is 2.18. The van der Waals surface area contributed by atoms with Gasteiger partial charge >= 0.3 is 0 Å². The zero-order valence-electron chi connectivity index (χ0n) is 12.1. The summed E-state index contributed by atoms with van der Waals surface area (Å²) >= 11 is 0. The Labute approximate surface area is 112 Å². The maximum atomic E-state index is 3.65. The van der Waals surface area contributed by atoms with Crippen molar-refractivity contribution in [3.05, 3.63) is 35.9 Å². The van der Waals surface area contributed by atoms with Crippen LogP contribution in [0.4, 0.5) is 0 Å². The molecule has 2 rings (SSSR count). The molecule has 1 fully saturated rings. The summed E-state index contributed by atoms with van der Waals surface area (Å²) in [6.07, 6.45) is 5.22. The van der Waals surface area contributed by atoms with Gasteiger partial charge in [-0.05, 0) is 38.3 Å². The van der Waals surface area contributed by atoms with E-state index < -0.39 is 0 Å². The Bertz CT molecular complexity index is 289. The Morgan fingerprint density at radius 1 is 0.944 bits per heavy atom. The first kappa shape index (κ1) is 15.2. The van der Waals surface area contributed by atoms with Crippen LogP contribution in [0, 0.1) is 0 Å². The molecule has 18 heavy (non-hydrogen) atoms. The fraction of sp³-hybridized carbons (Fsp3) is 0.625. The van der Waals surface area contributed by atoms with Gasteiger partial charge in [0.2, 0.25) is 0 Å². The van der Waals surface area contributed by atoms with Gasteiger partial charge < -0.3 is 10.6 Å². The summed E-state index contributed by atoms with van der Waals surface area (Å²) in [7, 11) is 2.07. The predicted molar refractivity (Wildman–Crippen MR) is 79.7 cm³/mol. The summed E-state index contributed by atoms with van der Waals surface area (Å²) in [4.78, 5) is 0.